The van der Waals surface area contributed by atoms with E-state index in [2.05, 4.69) is 17.9 Å². The number of halogens is 1. The second kappa shape index (κ2) is 6.83. The van der Waals surface area contributed by atoms with Gasteiger partial charge in [0.1, 0.15) is 5.82 Å². The maximum atomic E-state index is 12.9. The molecule has 1 heterocycles. The summed E-state index contributed by atoms with van der Waals surface area (Å²) in [6.45, 7) is 3.89. The Labute approximate surface area is 119 Å². The lowest BCUT2D eigenvalue weighted by atomic mass is 9.87. The van der Waals surface area contributed by atoms with Gasteiger partial charge in [0.15, 0.2) is 0 Å². The van der Waals surface area contributed by atoms with Gasteiger partial charge in [-0.05, 0) is 56.5 Å². The van der Waals surface area contributed by atoms with Crippen LogP contribution in [0, 0.1) is 23.1 Å². The van der Waals surface area contributed by atoms with E-state index in [-0.39, 0.29) is 17.8 Å². The highest BCUT2D eigenvalue weighted by Crippen LogP contribution is 2.31. The minimum absolute atomic E-state index is 0.214. The van der Waals surface area contributed by atoms with Crippen LogP contribution in [0.5, 0.6) is 0 Å². The lowest BCUT2D eigenvalue weighted by Gasteiger charge is -2.37. The van der Waals surface area contributed by atoms with Crippen LogP contribution in [-0.2, 0) is 0 Å². The molecule has 2 rings (SSSR count). The molecule has 0 spiro atoms. The van der Waals surface area contributed by atoms with Crippen LogP contribution >= 0.6 is 0 Å². The highest BCUT2D eigenvalue weighted by Gasteiger charge is 2.27. The maximum Gasteiger partial charge on any atom is 0.123 e. The largest absolute Gasteiger partial charge is 0.388 e. The Hall–Kier alpha value is -1.44. The van der Waals surface area contributed by atoms with E-state index in [1.54, 1.807) is 12.1 Å². The zero-order valence-corrected chi connectivity index (χ0v) is 11.8. The Morgan fingerprint density at radius 2 is 1.95 bits per heavy atom. The van der Waals surface area contributed by atoms with Gasteiger partial charge in [-0.2, -0.15) is 5.26 Å². The molecule has 0 aliphatic carbocycles. The molecule has 0 aromatic heterocycles. The Morgan fingerprint density at radius 3 is 2.50 bits per heavy atom. The summed E-state index contributed by atoms with van der Waals surface area (Å²) in [5, 5.41) is 19.1. The first-order valence-corrected chi connectivity index (χ1v) is 7.16. The molecular formula is C16H21FN2O. The molecule has 1 aromatic carbocycles. The number of nitriles is 1. The fourth-order valence-corrected chi connectivity index (χ4v) is 2.87. The number of rotatable bonds is 4. The van der Waals surface area contributed by atoms with Crippen LogP contribution in [-0.4, -0.2) is 29.1 Å². The van der Waals surface area contributed by atoms with Crippen molar-refractivity contribution in [3.8, 4) is 6.07 Å². The third-order valence-corrected chi connectivity index (χ3v) is 4.24. The topological polar surface area (TPSA) is 47.3 Å². The number of hydrogen-bond donors (Lipinski definition) is 1. The molecule has 0 bridgehead atoms. The molecule has 1 aliphatic heterocycles. The number of benzene rings is 1. The van der Waals surface area contributed by atoms with Gasteiger partial charge >= 0.3 is 0 Å². The molecular weight excluding hydrogens is 255 g/mol. The van der Waals surface area contributed by atoms with Crippen LogP contribution in [0.25, 0.3) is 0 Å². The summed E-state index contributed by atoms with van der Waals surface area (Å²) in [4.78, 5) is 2.30. The standard InChI is InChI=1S/C16H21FN2O/c1-12(6-9-18)19-10-7-14(8-11-19)16(20)13-2-4-15(17)5-3-13/h2-5,12,14,16,20H,6-8,10-11H2,1H3. The highest BCUT2D eigenvalue weighted by molar-refractivity contribution is 5.19. The molecule has 1 fully saturated rings. The van der Waals surface area contributed by atoms with Crippen LogP contribution in [0.2, 0.25) is 0 Å². The smallest absolute Gasteiger partial charge is 0.123 e. The van der Waals surface area contributed by atoms with Gasteiger partial charge < -0.3 is 5.11 Å². The van der Waals surface area contributed by atoms with Crippen molar-refractivity contribution in [1.82, 2.24) is 4.90 Å². The predicted molar refractivity (Wildman–Crippen MR) is 75.3 cm³/mol. The number of nitrogens with zero attached hydrogens (tertiary/aromatic N) is 2. The Balaban J connectivity index is 1.90. The van der Waals surface area contributed by atoms with Crippen molar-refractivity contribution in [2.45, 2.75) is 38.3 Å². The average Bonchev–Trinajstić information content (AvgIpc) is 2.48. The van der Waals surface area contributed by atoms with Crippen molar-refractivity contribution in [1.29, 1.82) is 5.26 Å². The van der Waals surface area contributed by atoms with E-state index in [1.165, 1.54) is 12.1 Å². The summed E-state index contributed by atoms with van der Waals surface area (Å²) in [6, 6.07) is 8.58. The number of hydrogen-bond acceptors (Lipinski definition) is 3. The molecule has 2 atom stereocenters. The van der Waals surface area contributed by atoms with Crippen molar-refractivity contribution in [3.63, 3.8) is 0 Å². The molecule has 1 aromatic rings. The van der Waals surface area contributed by atoms with Gasteiger partial charge in [-0.25, -0.2) is 4.39 Å². The number of likely N-dealkylation sites (tertiary alicyclic amines) is 1. The first-order chi connectivity index (χ1) is 9.61. The number of aliphatic hydroxyl groups excluding tert-OH is 1. The van der Waals surface area contributed by atoms with Gasteiger partial charge in [0, 0.05) is 6.04 Å². The highest BCUT2D eigenvalue weighted by atomic mass is 19.1. The van der Waals surface area contributed by atoms with E-state index in [0.29, 0.717) is 6.42 Å². The van der Waals surface area contributed by atoms with Crippen molar-refractivity contribution in [3.05, 3.63) is 35.6 Å². The quantitative estimate of drug-likeness (QED) is 0.920. The predicted octanol–water partition coefficient (Wildman–Crippen LogP) is 2.87. The molecule has 4 heteroatoms. The molecule has 0 saturated carbocycles. The second-order valence-corrected chi connectivity index (χ2v) is 5.58. The third kappa shape index (κ3) is 3.56. The molecule has 108 valence electrons. The van der Waals surface area contributed by atoms with Crippen molar-refractivity contribution in [2.75, 3.05) is 13.1 Å². The van der Waals surface area contributed by atoms with Gasteiger partial charge in [-0.3, -0.25) is 4.90 Å². The summed E-state index contributed by atoms with van der Waals surface area (Å²) in [5.41, 5.74) is 0.787. The lowest BCUT2D eigenvalue weighted by Crippen LogP contribution is -2.40. The van der Waals surface area contributed by atoms with Gasteiger partial charge in [-0.1, -0.05) is 12.1 Å². The molecule has 2 unspecified atom stereocenters. The van der Waals surface area contributed by atoms with E-state index in [0.717, 1.165) is 31.5 Å². The fraction of sp³-hybridized carbons (Fsp3) is 0.562. The molecule has 1 N–H and O–H groups in total. The van der Waals surface area contributed by atoms with Gasteiger partial charge in [0.05, 0.1) is 18.6 Å². The Bertz CT molecular complexity index is 460. The normalized spacial score (nSPS) is 20.3. The molecule has 1 aliphatic rings. The monoisotopic (exact) mass is 276 g/mol. The lowest BCUT2D eigenvalue weighted by molar-refractivity contribution is 0.0480. The number of aliphatic hydroxyl groups is 1. The Morgan fingerprint density at radius 1 is 1.35 bits per heavy atom. The van der Waals surface area contributed by atoms with Crippen molar-refractivity contribution < 1.29 is 9.50 Å². The minimum atomic E-state index is -0.524. The van der Waals surface area contributed by atoms with Crippen LogP contribution in [0.4, 0.5) is 4.39 Å². The molecule has 1 saturated heterocycles. The first-order valence-electron chi connectivity index (χ1n) is 7.16. The number of piperidine rings is 1. The summed E-state index contributed by atoms with van der Waals surface area (Å²) in [5.74, 6) is -0.0629. The van der Waals surface area contributed by atoms with Gasteiger partial charge in [0.2, 0.25) is 0 Å². The van der Waals surface area contributed by atoms with E-state index < -0.39 is 6.10 Å². The van der Waals surface area contributed by atoms with Crippen LogP contribution in [0.3, 0.4) is 0 Å². The van der Waals surface area contributed by atoms with Crippen LogP contribution in [0.1, 0.15) is 37.9 Å². The van der Waals surface area contributed by atoms with Gasteiger partial charge in [-0.15, -0.1) is 0 Å². The third-order valence-electron chi connectivity index (χ3n) is 4.24. The van der Waals surface area contributed by atoms with Crippen LogP contribution < -0.4 is 0 Å². The van der Waals surface area contributed by atoms with Crippen LogP contribution in [0.15, 0.2) is 24.3 Å². The summed E-state index contributed by atoms with van der Waals surface area (Å²) >= 11 is 0. The molecule has 0 amide bonds. The molecule has 0 radical (unpaired) electrons. The summed E-state index contributed by atoms with van der Waals surface area (Å²) in [6.07, 6.45) is 1.84. The SMILES string of the molecule is CC(CC#N)N1CCC(C(O)c2ccc(F)cc2)CC1. The average molecular weight is 276 g/mol. The zero-order valence-electron chi connectivity index (χ0n) is 11.8. The van der Waals surface area contributed by atoms with Crippen molar-refractivity contribution >= 4 is 0 Å². The van der Waals surface area contributed by atoms with E-state index in [9.17, 15) is 9.50 Å². The Kier molecular flexibility index (Phi) is 5.11. The molecule has 3 nitrogen and oxygen atoms in total. The first kappa shape index (κ1) is 15.0. The van der Waals surface area contributed by atoms with E-state index in [4.69, 9.17) is 5.26 Å². The zero-order chi connectivity index (χ0) is 14.5. The van der Waals surface area contributed by atoms with E-state index in [1.807, 2.05) is 0 Å². The van der Waals surface area contributed by atoms with Gasteiger partial charge in [0.25, 0.3) is 0 Å². The molecule has 20 heavy (non-hydrogen) atoms. The fourth-order valence-electron chi connectivity index (χ4n) is 2.87. The summed E-state index contributed by atoms with van der Waals surface area (Å²) < 4.78 is 12.9. The second-order valence-electron chi connectivity index (χ2n) is 5.58. The van der Waals surface area contributed by atoms with E-state index >= 15 is 0 Å². The maximum absolute atomic E-state index is 12.9. The van der Waals surface area contributed by atoms with Crippen molar-refractivity contribution in [2.24, 2.45) is 5.92 Å². The minimum Gasteiger partial charge on any atom is -0.388 e. The summed E-state index contributed by atoms with van der Waals surface area (Å²) in [7, 11) is 0.